The van der Waals surface area contributed by atoms with Gasteiger partial charge in [-0.15, -0.1) is 0 Å². The Balaban J connectivity index is 1.86. The summed E-state index contributed by atoms with van der Waals surface area (Å²) >= 11 is 0. The molecule has 1 aromatic rings. The summed E-state index contributed by atoms with van der Waals surface area (Å²) in [5.74, 6) is -0.341. The van der Waals surface area contributed by atoms with E-state index in [1.165, 1.54) is 6.33 Å². The van der Waals surface area contributed by atoms with E-state index in [9.17, 15) is 9.59 Å². The van der Waals surface area contributed by atoms with E-state index in [0.717, 1.165) is 12.8 Å². The lowest BCUT2D eigenvalue weighted by molar-refractivity contribution is -0.138. The maximum atomic E-state index is 11.8. The fourth-order valence-electron chi connectivity index (χ4n) is 2.45. The van der Waals surface area contributed by atoms with Gasteiger partial charge in [-0.1, -0.05) is 12.8 Å². The average Bonchev–Trinajstić information content (AvgIpc) is 2.97. The number of H-pyrrole nitrogens is 1. The highest BCUT2D eigenvalue weighted by atomic mass is 16.4. The van der Waals surface area contributed by atoms with Crippen molar-refractivity contribution in [2.24, 2.45) is 0 Å². The Labute approximate surface area is 110 Å². The predicted molar refractivity (Wildman–Crippen MR) is 65.2 cm³/mol. The van der Waals surface area contributed by atoms with E-state index >= 15 is 0 Å². The molecule has 0 bridgehead atoms. The van der Waals surface area contributed by atoms with Gasteiger partial charge in [-0.05, 0) is 12.8 Å². The van der Waals surface area contributed by atoms with E-state index in [4.69, 9.17) is 5.11 Å². The van der Waals surface area contributed by atoms with Crippen molar-refractivity contribution >= 4 is 12.0 Å². The van der Waals surface area contributed by atoms with E-state index in [1.54, 1.807) is 0 Å². The lowest BCUT2D eigenvalue weighted by Gasteiger charge is -2.28. The van der Waals surface area contributed by atoms with Gasteiger partial charge in [0.05, 0.1) is 18.5 Å². The molecule has 104 valence electrons. The molecule has 1 saturated carbocycles. The fourth-order valence-corrected chi connectivity index (χ4v) is 2.45. The minimum absolute atomic E-state index is 0.0390. The van der Waals surface area contributed by atoms with Gasteiger partial charge in [-0.2, -0.15) is 5.10 Å². The number of hydrogen-bond acceptors (Lipinski definition) is 4. The van der Waals surface area contributed by atoms with Gasteiger partial charge in [-0.25, -0.2) is 9.78 Å². The number of urea groups is 1. The molecule has 8 heteroatoms. The van der Waals surface area contributed by atoms with Crippen molar-refractivity contribution in [3.05, 3.63) is 12.2 Å². The molecule has 1 heterocycles. The first-order chi connectivity index (χ1) is 9.10. The van der Waals surface area contributed by atoms with Gasteiger partial charge >= 0.3 is 12.0 Å². The number of aromatic amines is 1. The van der Waals surface area contributed by atoms with Crippen molar-refractivity contribution in [2.75, 3.05) is 0 Å². The number of aromatic nitrogens is 3. The van der Waals surface area contributed by atoms with Crippen molar-refractivity contribution in [2.45, 2.75) is 44.2 Å². The van der Waals surface area contributed by atoms with Crippen LogP contribution in [-0.2, 0) is 11.3 Å². The van der Waals surface area contributed by atoms with Crippen LogP contribution in [0.25, 0.3) is 0 Å². The Kier molecular flexibility index (Phi) is 3.98. The second kappa shape index (κ2) is 5.68. The first-order valence-electron chi connectivity index (χ1n) is 6.22. The number of carboxylic acids is 1. The zero-order valence-corrected chi connectivity index (χ0v) is 10.5. The number of rotatable bonds is 5. The second-order valence-corrected chi connectivity index (χ2v) is 4.80. The lowest BCUT2D eigenvalue weighted by Crippen LogP contribution is -2.51. The number of carboxylic acid groups (broad SMARTS) is 1. The summed E-state index contributed by atoms with van der Waals surface area (Å²) in [6.07, 6.45) is 4.61. The van der Waals surface area contributed by atoms with Crippen molar-refractivity contribution < 1.29 is 14.7 Å². The minimum Gasteiger partial charge on any atom is -0.481 e. The Morgan fingerprint density at radius 3 is 2.74 bits per heavy atom. The van der Waals surface area contributed by atoms with Crippen LogP contribution in [0.5, 0.6) is 0 Å². The number of nitrogens with zero attached hydrogens (tertiary/aromatic N) is 2. The summed E-state index contributed by atoms with van der Waals surface area (Å²) in [6, 6.07) is -0.375. The van der Waals surface area contributed by atoms with Gasteiger partial charge in [0.25, 0.3) is 0 Å². The van der Waals surface area contributed by atoms with Crippen LogP contribution in [0.4, 0.5) is 4.79 Å². The van der Waals surface area contributed by atoms with E-state index in [-0.39, 0.29) is 19.0 Å². The van der Waals surface area contributed by atoms with Crippen molar-refractivity contribution in [1.82, 2.24) is 25.8 Å². The zero-order chi connectivity index (χ0) is 13.7. The molecule has 0 aliphatic heterocycles. The molecule has 1 aromatic heterocycles. The lowest BCUT2D eigenvalue weighted by atomic mass is 9.93. The molecule has 0 unspecified atom stereocenters. The van der Waals surface area contributed by atoms with Crippen LogP contribution >= 0.6 is 0 Å². The molecular weight excluding hydrogens is 250 g/mol. The molecule has 1 fully saturated rings. The Morgan fingerprint density at radius 2 is 2.16 bits per heavy atom. The molecule has 0 spiro atoms. The molecule has 1 aliphatic carbocycles. The van der Waals surface area contributed by atoms with Crippen LogP contribution in [0.2, 0.25) is 0 Å². The molecule has 0 atom stereocenters. The SMILES string of the molecule is O=C(O)CC1(NC(=O)NCc2ncn[nH]2)CCCC1. The maximum absolute atomic E-state index is 11.8. The molecule has 2 rings (SSSR count). The number of nitrogens with one attached hydrogen (secondary N) is 3. The van der Waals surface area contributed by atoms with Crippen LogP contribution < -0.4 is 10.6 Å². The van der Waals surface area contributed by atoms with Gasteiger partial charge in [0.2, 0.25) is 0 Å². The largest absolute Gasteiger partial charge is 0.481 e. The zero-order valence-electron chi connectivity index (χ0n) is 10.5. The van der Waals surface area contributed by atoms with Crippen molar-refractivity contribution in [3.8, 4) is 0 Å². The Hall–Kier alpha value is -2.12. The first-order valence-corrected chi connectivity index (χ1v) is 6.22. The fraction of sp³-hybridized carbons (Fsp3) is 0.636. The monoisotopic (exact) mass is 267 g/mol. The molecule has 0 radical (unpaired) electrons. The predicted octanol–water partition coefficient (Wildman–Crippen LogP) is 0.391. The topological polar surface area (TPSA) is 120 Å². The maximum Gasteiger partial charge on any atom is 0.315 e. The third-order valence-electron chi connectivity index (χ3n) is 3.31. The average molecular weight is 267 g/mol. The van der Waals surface area contributed by atoms with Crippen LogP contribution in [-0.4, -0.2) is 37.8 Å². The molecule has 2 amide bonds. The molecule has 1 aliphatic rings. The Morgan fingerprint density at radius 1 is 1.42 bits per heavy atom. The van der Waals surface area contributed by atoms with Gasteiger partial charge in [-0.3, -0.25) is 9.89 Å². The van der Waals surface area contributed by atoms with Crippen LogP contribution in [0.15, 0.2) is 6.33 Å². The standard InChI is InChI=1S/C11H17N5O3/c17-9(18)5-11(3-1-2-4-11)15-10(19)12-6-8-13-7-14-16-8/h7H,1-6H2,(H,17,18)(H2,12,15,19)(H,13,14,16). The van der Waals surface area contributed by atoms with Crippen LogP contribution in [0.3, 0.4) is 0 Å². The van der Waals surface area contributed by atoms with Crippen LogP contribution in [0.1, 0.15) is 37.9 Å². The molecule has 4 N–H and O–H groups in total. The van der Waals surface area contributed by atoms with Gasteiger partial charge < -0.3 is 15.7 Å². The summed E-state index contributed by atoms with van der Waals surface area (Å²) in [4.78, 5) is 26.6. The van der Waals surface area contributed by atoms with Gasteiger partial charge in [0, 0.05) is 0 Å². The molecule has 8 nitrogen and oxygen atoms in total. The summed E-state index contributed by atoms with van der Waals surface area (Å²) in [5, 5.41) is 20.7. The van der Waals surface area contributed by atoms with Gasteiger partial charge in [0.1, 0.15) is 12.2 Å². The molecular formula is C11H17N5O3. The number of aliphatic carboxylic acids is 1. The van der Waals surface area contributed by atoms with E-state index in [1.807, 2.05) is 0 Å². The van der Waals surface area contributed by atoms with E-state index < -0.39 is 11.5 Å². The molecule has 0 saturated heterocycles. The first kappa shape index (κ1) is 13.3. The number of amides is 2. The minimum atomic E-state index is -0.891. The summed E-state index contributed by atoms with van der Waals surface area (Å²) < 4.78 is 0. The van der Waals surface area contributed by atoms with Crippen molar-refractivity contribution in [3.63, 3.8) is 0 Å². The van der Waals surface area contributed by atoms with Crippen LogP contribution in [0, 0.1) is 0 Å². The van der Waals surface area contributed by atoms with E-state index in [0.29, 0.717) is 18.7 Å². The van der Waals surface area contributed by atoms with Gasteiger partial charge in [0.15, 0.2) is 0 Å². The van der Waals surface area contributed by atoms with Crippen molar-refractivity contribution in [1.29, 1.82) is 0 Å². The summed E-state index contributed by atoms with van der Waals surface area (Å²) in [6.45, 7) is 0.231. The number of carbonyl (C=O) groups excluding carboxylic acids is 1. The Bertz CT molecular complexity index is 439. The number of carbonyl (C=O) groups is 2. The number of hydrogen-bond donors (Lipinski definition) is 4. The summed E-state index contributed by atoms with van der Waals surface area (Å²) in [5.41, 5.74) is -0.614. The second-order valence-electron chi connectivity index (χ2n) is 4.80. The normalized spacial score (nSPS) is 17.1. The quantitative estimate of drug-likeness (QED) is 0.615. The highest BCUT2D eigenvalue weighted by Crippen LogP contribution is 2.32. The highest BCUT2D eigenvalue weighted by Gasteiger charge is 2.37. The third kappa shape index (κ3) is 3.67. The highest BCUT2D eigenvalue weighted by molar-refractivity contribution is 5.76. The third-order valence-corrected chi connectivity index (χ3v) is 3.31. The summed E-state index contributed by atoms with van der Waals surface area (Å²) in [7, 11) is 0. The molecule has 19 heavy (non-hydrogen) atoms. The smallest absolute Gasteiger partial charge is 0.315 e. The molecule has 0 aromatic carbocycles. The van der Waals surface area contributed by atoms with E-state index in [2.05, 4.69) is 25.8 Å².